The summed E-state index contributed by atoms with van der Waals surface area (Å²) < 4.78 is 5.79. The Morgan fingerprint density at radius 3 is 2.64 bits per heavy atom. The van der Waals surface area contributed by atoms with E-state index in [2.05, 4.69) is 27.0 Å². The van der Waals surface area contributed by atoms with Gasteiger partial charge in [0.2, 0.25) is 0 Å². The van der Waals surface area contributed by atoms with E-state index in [1.165, 1.54) is 18.5 Å². The molecular weight excluding hydrogens is 316 g/mol. The molecule has 0 bridgehead atoms. The number of aromatic nitrogens is 2. The lowest BCUT2D eigenvalue weighted by atomic mass is 10.1. The fraction of sp³-hybridized carbons (Fsp3) is 0.474. The van der Waals surface area contributed by atoms with Crippen LogP contribution in [0.4, 0.5) is 5.69 Å². The van der Waals surface area contributed by atoms with E-state index in [0.717, 1.165) is 30.2 Å². The van der Waals surface area contributed by atoms with Crippen LogP contribution in [0, 0.1) is 6.92 Å². The SMILES string of the molecule is Cc1cnc([C@H]2CN(C(=O)c3ccc(N4CCCC4)cc3)CCO2)[nH]1. The monoisotopic (exact) mass is 340 g/mol. The van der Waals surface area contributed by atoms with Crippen molar-refractivity contribution in [1.29, 1.82) is 0 Å². The highest BCUT2D eigenvalue weighted by Gasteiger charge is 2.27. The average molecular weight is 340 g/mol. The molecule has 4 rings (SSSR count). The van der Waals surface area contributed by atoms with Crippen LogP contribution in [0.2, 0.25) is 0 Å². The summed E-state index contributed by atoms with van der Waals surface area (Å²) in [7, 11) is 0. The zero-order chi connectivity index (χ0) is 17.2. The second-order valence-electron chi connectivity index (χ2n) is 6.80. The van der Waals surface area contributed by atoms with Crippen LogP contribution in [0.5, 0.6) is 0 Å². The van der Waals surface area contributed by atoms with Gasteiger partial charge in [-0.3, -0.25) is 4.79 Å². The molecule has 0 saturated carbocycles. The molecule has 3 heterocycles. The summed E-state index contributed by atoms with van der Waals surface area (Å²) >= 11 is 0. The topological polar surface area (TPSA) is 61.5 Å². The van der Waals surface area contributed by atoms with Crippen molar-refractivity contribution in [1.82, 2.24) is 14.9 Å². The summed E-state index contributed by atoms with van der Waals surface area (Å²) in [5.74, 6) is 0.851. The van der Waals surface area contributed by atoms with E-state index in [9.17, 15) is 4.79 Å². The van der Waals surface area contributed by atoms with E-state index >= 15 is 0 Å². The molecule has 1 N–H and O–H groups in total. The third-order valence-corrected chi connectivity index (χ3v) is 4.97. The number of hydrogen-bond donors (Lipinski definition) is 1. The van der Waals surface area contributed by atoms with Gasteiger partial charge in [-0.15, -0.1) is 0 Å². The molecule has 0 aliphatic carbocycles. The lowest BCUT2D eigenvalue weighted by molar-refractivity contribution is -0.0264. The molecule has 2 saturated heterocycles. The number of amides is 1. The molecule has 1 aromatic carbocycles. The number of imidazole rings is 1. The molecule has 25 heavy (non-hydrogen) atoms. The van der Waals surface area contributed by atoms with Gasteiger partial charge in [-0.1, -0.05) is 0 Å². The lowest BCUT2D eigenvalue weighted by Gasteiger charge is -2.32. The predicted octanol–water partition coefficient (Wildman–Crippen LogP) is 2.53. The number of anilines is 1. The van der Waals surface area contributed by atoms with Gasteiger partial charge in [-0.05, 0) is 44.0 Å². The van der Waals surface area contributed by atoms with Gasteiger partial charge >= 0.3 is 0 Å². The minimum atomic E-state index is -0.185. The Bertz CT molecular complexity index is 734. The van der Waals surface area contributed by atoms with Crippen LogP contribution in [-0.4, -0.2) is 53.6 Å². The maximum absolute atomic E-state index is 12.8. The number of carbonyl (C=O) groups excluding carboxylic acids is 1. The number of nitrogens with one attached hydrogen (secondary N) is 1. The van der Waals surface area contributed by atoms with Gasteiger partial charge in [0.1, 0.15) is 11.9 Å². The van der Waals surface area contributed by atoms with Crippen LogP contribution in [0.15, 0.2) is 30.5 Å². The first-order chi connectivity index (χ1) is 12.2. The first-order valence-electron chi connectivity index (χ1n) is 8.98. The van der Waals surface area contributed by atoms with Crippen molar-refractivity contribution in [3.8, 4) is 0 Å². The molecule has 2 fully saturated rings. The molecule has 2 aliphatic rings. The Morgan fingerprint density at radius 1 is 1.20 bits per heavy atom. The molecule has 0 radical (unpaired) electrons. The number of hydrogen-bond acceptors (Lipinski definition) is 4. The summed E-state index contributed by atoms with van der Waals surface area (Å²) in [5, 5.41) is 0. The number of rotatable bonds is 3. The maximum atomic E-state index is 12.8. The minimum absolute atomic E-state index is 0.0598. The molecule has 6 nitrogen and oxygen atoms in total. The fourth-order valence-corrected chi connectivity index (χ4v) is 3.57. The number of nitrogens with zero attached hydrogens (tertiary/aromatic N) is 3. The molecule has 2 aliphatic heterocycles. The first kappa shape index (κ1) is 16.1. The molecule has 1 aromatic heterocycles. The molecule has 6 heteroatoms. The van der Waals surface area contributed by atoms with E-state index in [4.69, 9.17) is 4.74 Å². The third-order valence-electron chi connectivity index (χ3n) is 4.97. The largest absolute Gasteiger partial charge is 0.372 e. The van der Waals surface area contributed by atoms with Crippen molar-refractivity contribution in [3.63, 3.8) is 0 Å². The van der Waals surface area contributed by atoms with Crippen molar-refractivity contribution in [2.45, 2.75) is 25.9 Å². The van der Waals surface area contributed by atoms with E-state index in [-0.39, 0.29) is 12.0 Å². The summed E-state index contributed by atoms with van der Waals surface area (Å²) in [6.45, 7) is 5.86. The van der Waals surface area contributed by atoms with Crippen molar-refractivity contribution in [2.75, 3.05) is 37.7 Å². The number of morpholine rings is 1. The molecule has 1 atom stereocenters. The summed E-state index contributed by atoms with van der Waals surface area (Å²) in [6, 6.07) is 8.01. The average Bonchev–Trinajstić information content (AvgIpc) is 3.33. The highest BCUT2D eigenvalue weighted by Crippen LogP contribution is 2.23. The van der Waals surface area contributed by atoms with Crippen molar-refractivity contribution < 1.29 is 9.53 Å². The Labute approximate surface area is 147 Å². The van der Waals surface area contributed by atoms with Crippen LogP contribution in [0.1, 0.15) is 40.8 Å². The molecular formula is C19H24N4O2. The van der Waals surface area contributed by atoms with Crippen LogP contribution >= 0.6 is 0 Å². The number of benzene rings is 1. The Hall–Kier alpha value is -2.34. The Kier molecular flexibility index (Phi) is 4.44. The first-order valence-corrected chi connectivity index (χ1v) is 8.98. The highest BCUT2D eigenvalue weighted by atomic mass is 16.5. The van der Waals surface area contributed by atoms with Gasteiger partial charge in [0.25, 0.3) is 5.91 Å². The number of aromatic amines is 1. The quantitative estimate of drug-likeness (QED) is 0.933. The molecule has 0 spiro atoms. The Morgan fingerprint density at radius 2 is 1.96 bits per heavy atom. The minimum Gasteiger partial charge on any atom is -0.372 e. The summed E-state index contributed by atoms with van der Waals surface area (Å²) in [4.78, 5) is 24.6. The van der Waals surface area contributed by atoms with Crippen LogP contribution in [0.3, 0.4) is 0 Å². The molecule has 1 amide bonds. The van der Waals surface area contributed by atoms with Gasteiger partial charge < -0.3 is 19.5 Å². The number of H-pyrrole nitrogens is 1. The summed E-state index contributed by atoms with van der Waals surface area (Å²) in [5.41, 5.74) is 2.94. The summed E-state index contributed by atoms with van der Waals surface area (Å²) in [6.07, 6.45) is 4.11. The zero-order valence-electron chi connectivity index (χ0n) is 14.6. The smallest absolute Gasteiger partial charge is 0.254 e. The van der Waals surface area contributed by atoms with Crippen LogP contribution in [-0.2, 0) is 4.74 Å². The van der Waals surface area contributed by atoms with Gasteiger partial charge in [-0.2, -0.15) is 0 Å². The van der Waals surface area contributed by atoms with Gasteiger partial charge in [-0.25, -0.2) is 4.98 Å². The van der Waals surface area contributed by atoms with Crippen molar-refractivity contribution in [2.24, 2.45) is 0 Å². The number of carbonyl (C=O) groups is 1. The zero-order valence-corrected chi connectivity index (χ0v) is 14.6. The Balaban J connectivity index is 1.44. The van der Waals surface area contributed by atoms with Crippen LogP contribution in [0.25, 0.3) is 0 Å². The van der Waals surface area contributed by atoms with Crippen LogP contribution < -0.4 is 4.90 Å². The standard InChI is InChI=1S/C19H24N4O2/c1-14-12-20-18(21-14)17-13-23(10-11-25-17)19(24)15-4-6-16(7-5-15)22-8-2-3-9-22/h4-7,12,17H,2-3,8-11,13H2,1H3,(H,20,21)/t17-/m1/s1. The highest BCUT2D eigenvalue weighted by molar-refractivity contribution is 5.94. The molecule has 2 aromatic rings. The lowest BCUT2D eigenvalue weighted by Crippen LogP contribution is -2.42. The van der Waals surface area contributed by atoms with Crippen molar-refractivity contribution >= 4 is 11.6 Å². The molecule has 132 valence electrons. The normalized spacial score (nSPS) is 20.9. The van der Waals surface area contributed by atoms with Crippen molar-refractivity contribution in [3.05, 3.63) is 47.5 Å². The maximum Gasteiger partial charge on any atom is 0.254 e. The van der Waals surface area contributed by atoms with E-state index < -0.39 is 0 Å². The second-order valence-corrected chi connectivity index (χ2v) is 6.80. The van der Waals surface area contributed by atoms with Gasteiger partial charge in [0.15, 0.2) is 0 Å². The van der Waals surface area contributed by atoms with E-state index in [1.807, 2.05) is 24.0 Å². The van der Waals surface area contributed by atoms with E-state index in [1.54, 1.807) is 6.20 Å². The predicted molar refractivity (Wildman–Crippen MR) is 95.8 cm³/mol. The van der Waals surface area contributed by atoms with Gasteiger partial charge in [0.05, 0.1) is 13.2 Å². The fourth-order valence-electron chi connectivity index (χ4n) is 3.57. The number of aryl methyl sites for hydroxylation is 1. The second kappa shape index (κ2) is 6.88. The number of ether oxygens (including phenoxy) is 1. The van der Waals surface area contributed by atoms with Gasteiger partial charge in [0, 0.05) is 42.8 Å². The third kappa shape index (κ3) is 3.39. The van der Waals surface area contributed by atoms with E-state index in [0.29, 0.717) is 19.7 Å². The molecule has 0 unspecified atom stereocenters.